The van der Waals surface area contributed by atoms with E-state index < -0.39 is 28.9 Å². The second-order valence-corrected chi connectivity index (χ2v) is 8.75. The van der Waals surface area contributed by atoms with Gasteiger partial charge in [0.15, 0.2) is 5.82 Å². The van der Waals surface area contributed by atoms with Crippen molar-refractivity contribution in [3.8, 4) is 17.4 Å². The second kappa shape index (κ2) is 9.45. The number of methoxy groups -OCH3 is 1. The lowest BCUT2D eigenvalue weighted by atomic mass is 10.0. The van der Waals surface area contributed by atoms with Crippen LogP contribution in [0.15, 0.2) is 24.9 Å². The van der Waals surface area contributed by atoms with Gasteiger partial charge in [0.05, 0.1) is 24.1 Å². The van der Waals surface area contributed by atoms with Gasteiger partial charge in [-0.3, -0.25) is 9.78 Å². The van der Waals surface area contributed by atoms with E-state index >= 15 is 4.39 Å². The molecule has 0 bridgehead atoms. The van der Waals surface area contributed by atoms with E-state index in [4.69, 9.17) is 10.5 Å². The molecule has 0 aromatic carbocycles. The van der Waals surface area contributed by atoms with Crippen LogP contribution in [0.25, 0.3) is 22.3 Å². The van der Waals surface area contributed by atoms with E-state index in [1.165, 1.54) is 26.3 Å². The molecular formula is C24H25F4N7O2. The minimum atomic E-state index is -4.83. The first-order valence-electron chi connectivity index (χ1n) is 11.3. The predicted molar refractivity (Wildman–Crippen MR) is 129 cm³/mol. The van der Waals surface area contributed by atoms with Gasteiger partial charge in [0.2, 0.25) is 5.91 Å². The van der Waals surface area contributed by atoms with E-state index in [1.807, 2.05) is 6.92 Å². The third kappa shape index (κ3) is 4.49. The normalized spacial score (nSPS) is 17.8. The molecule has 3 aromatic heterocycles. The van der Waals surface area contributed by atoms with Gasteiger partial charge in [0.25, 0.3) is 0 Å². The highest BCUT2D eigenvalue weighted by Crippen LogP contribution is 2.41. The molecule has 37 heavy (non-hydrogen) atoms. The van der Waals surface area contributed by atoms with Gasteiger partial charge >= 0.3 is 12.2 Å². The number of aromatic nitrogens is 4. The monoisotopic (exact) mass is 519 g/mol. The van der Waals surface area contributed by atoms with Crippen molar-refractivity contribution in [2.75, 3.05) is 31.3 Å². The molecule has 2 atom stereocenters. The number of aryl methyl sites for hydroxylation is 1. The number of hydrogen-bond donors (Lipinski definition) is 1. The molecule has 1 amide bonds. The SMILES string of the molecule is C=CC(=O)N1CC[C@@H](N(C)c2nc(OC)nc3c(F)c(-c4nc(N)cc(C)c4C(F)(F)F)ncc23)[C@H]1C. The molecule has 0 spiro atoms. The first-order chi connectivity index (χ1) is 17.4. The summed E-state index contributed by atoms with van der Waals surface area (Å²) in [5, 5.41) is 0.152. The van der Waals surface area contributed by atoms with Crippen molar-refractivity contribution in [1.82, 2.24) is 24.8 Å². The van der Waals surface area contributed by atoms with Crippen LogP contribution in [0.3, 0.4) is 0 Å². The third-order valence-electron chi connectivity index (χ3n) is 6.57. The Kier molecular flexibility index (Phi) is 6.65. The maximum Gasteiger partial charge on any atom is 0.418 e. The van der Waals surface area contributed by atoms with Gasteiger partial charge in [0.1, 0.15) is 28.5 Å². The Hall–Kier alpha value is -4.03. The van der Waals surface area contributed by atoms with Crippen molar-refractivity contribution < 1.29 is 27.1 Å². The number of alkyl halides is 3. The van der Waals surface area contributed by atoms with E-state index in [0.29, 0.717) is 13.0 Å². The number of anilines is 2. The van der Waals surface area contributed by atoms with Crippen LogP contribution >= 0.6 is 0 Å². The van der Waals surface area contributed by atoms with Gasteiger partial charge in [-0.25, -0.2) is 9.37 Å². The summed E-state index contributed by atoms with van der Waals surface area (Å²) in [5.74, 6) is -1.30. The summed E-state index contributed by atoms with van der Waals surface area (Å²) in [6, 6.07) is 0.442. The Morgan fingerprint density at radius 2 is 2.00 bits per heavy atom. The molecule has 3 aromatic rings. The van der Waals surface area contributed by atoms with Gasteiger partial charge in [-0.1, -0.05) is 6.58 Å². The number of amides is 1. The molecular weight excluding hydrogens is 494 g/mol. The zero-order valence-electron chi connectivity index (χ0n) is 20.6. The highest BCUT2D eigenvalue weighted by atomic mass is 19.4. The summed E-state index contributed by atoms with van der Waals surface area (Å²) >= 11 is 0. The fourth-order valence-corrected chi connectivity index (χ4v) is 4.80. The Morgan fingerprint density at radius 1 is 1.30 bits per heavy atom. The topological polar surface area (TPSA) is 110 Å². The zero-order valence-corrected chi connectivity index (χ0v) is 20.6. The average Bonchev–Trinajstić information content (AvgIpc) is 3.22. The van der Waals surface area contributed by atoms with E-state index in [-0.39, 0.29) is 52.1 Å². The van der Waals surface area contributed by atoms with E-state index in [1.54, 1.807) is 16.8 Å². The molecule has 2 N–H and O–H groups in total. The summed E-state index contributed by atoms with van der Waals surface area (Å²) in [6.45, 7) is 7.10. The highest BCUT2D eigenvalue weighted by Gasteiger charge is 2.39. The largest absolute Gasteiger partial charge is 0.467 e. The van der Waals surface area contributed by atoms with Gasteiger partial charge in [-0.15, -0.1) is 0 Å². The fourth-order valence-electron chi connectivity index (χ4n) is 4.80. The van der Waals surface area contributed by atoms with Crippen LogP contribution in [0.4, 0.5) is 29.2 Å². The maximum atomic E-state index is 15.9. The van der Waals surface area contributed by atoms with Crippen LogP contribution in [0, 0.1) is 12.7 Å². The van der Waals surface area contributed by atoms with Crippen molar-refractivity contribution in [2.45, 2.75) is 38.5 Å². The Morgan fingerprint density at radius 3 is 2.62 bits per heavy atom. The smallest absolute Gasteiger partial charge is 0.418 e. The second-order valence-electron chi connectivity index (χ2n) is 8.75. The van der Waals surface area contributed by atoms with Crippen LogP contribution in [-0.2, 0) is 11.0 Å². The Balaban J connectivity index is 1.89. The number of halogens is 4. The van der Waals surface area contributed by atoms with Crippen LogP contribution < -0.4 is 15.4 Å². The van der Waals surface area contributed by atoms with Crippen molar-refractivity contribution in [2.24, 2.45) is 0 Å². The van der Waals surface area contributed by atoms with E-state index in [0.717, 1.165) is 6.07 Å². The molecule has 1 aliphatic rings. The lowest BCUT2D eigenvalue weighted by Crippen LogP contribution is -2.43. The number of ether oxygens (including phenoxy) is 1. The molecule has 0 aliphatic carbocycles. The molecule has 0 saturated carbocycles. The molecule has 0 radical (unpaired) electrons. The summed E-state index contributed by atoms with van der Waals surface area (Å²) in [5.41, 5.74) is 2.65. The predicted octanol–water partition coefficient (Wildman–Crippen LogP) is 3.76. The average molecular weight is 520 g/mol. The molecule has 0 unspecified atom stereocenters. The number of nitrogen functional groups attached to an aromatic ring is 1. The van der Waals surface area contributed by atoms with Gasteiger partial charge < -0.3 is 20.3 Å². The summed E-state index contributed by atoms with van der Waals surface area (Å²) in [7, 11) is 3.01. The number of hydrogen-bond acceptors (Lipinski definition) is 8. The van der Waals surface area contributed by atoms with Crippen molar-refractivity contribution in [1.29, 1.82) is 0 Å². The minimum absolute atomic E-state index is 0.152. The number of pyridine rings is 2. The number of fused-ring (bicyclic) bond motifs is 1. The van der Waals surface area contributed by atoms with Crippen molar-refractivity contribution in [3.05, 3.63) is 41.9 Å². The zero-order chi connectivity index (χ0) is 27.2. The fraction of sp³-hybridized carbons (Fsp3) is 0.375. The van der Waals surface area contributed by atoms with Gasteiger partial charge in [0, 0.05) is 25.8 Å². The quantitative estimate of drug-likeness (QED) is 0.401. The lowest BCUT2D eigenvalue weighted by Gasteiger charge is -2.31. The summed E-state index contributed by atoms with van der Waals surface area (Å²) in [6.07, 6.45) is -1.79. The first kappa shape index (κ1) is 26.0. The number of likely N-dealkylation sites (tertiary alicyclic amines) is 1. The minimum Gasteiger partial charge on any atom is -0.467 e. The van der Waals surface area contributed by atoms with Crippen LogP contribution in [-0.4, -0.2) is 63.5 Å². The van der Waals surface area contributed by atoms with Crippen molar-refractivity contribution >= 4 is 28.4 Å². The highest BCUT2D eigenvalue weighted by molar-refractivity contribution is 5.92. The Labute approximate surface area is 210 Å². The first-order valence-corrected chi connectivity index (χ1v) is 11.3. The molecule has 196 valence electrons. The van der Waals surface area contributed by atoms with Gasteiger partial charge in [-0.05, 0) is 38.0 Å². The number of nitrogens with zero attached hydrogens (tertiary/aromatic N) is 6. The number of rotatable bonds is 5. The van der Waals surface area contributed by atoms with Crippen LogP contribution in [0.2, 0.25) is 0 Å². The number of likely N-dealkylation sites (N-methyl/N-ethyl adjacent to an activating group) is 1. The third-order valence-corrected chi connectivity index (χ3v) is 6.57. The molecule has 4 rings (SSSR count). The summed E-state index contributed by atoms with van der Waals surface area (Å²) in [4.78, 5) is 31.8. The number of carbonyl (C=O) groups is 1. The van der Waals surface area contributed by atoms with Crippen LogP contribution in [0.1, 0.15) is 24.5 Å². The standard InChI is InChI=1S/C24H25F4N7O2/c1-6-16(36)35-8-7-14(12(35)3)34(4)22-13-10-30-21(18(25)19(13)32-23(33-22)37-5)20-17(24(26,27)28)11(2)9-15(29)31-20/h6,9-10,12,14H,1,7-8H2,2-5H3,(H2,29,31)/t12-,14-/m1/s1. The number of nitrogens with two attached hydrogens (primary N) is 1. The van der Waals surface area contributed by atoms with Gasteiger partial charge in [-0.2, -0.15) is 23.1 Å². The molecule has 4 heterocycles. The summed E-state index contributed by atoms with van der Waals surface area (Å²) < 4.78 is 62.6. The van der Waals surface area contributed by atoms with E-state index in [9.17, 15) is 18.0 Å². The Bertz CT molecular complexity index is 1400. The van der Waals surface area contributed by atoms with E-state index in [2.05, 4.69) is 26.5 Å². The molecule has 1 saturated heterocycles. The maximum absolute atomic E-state index is 15.9. The molecule has 1 aliphatic heterocycles. The van der Waals surface area contributed by atoms with Crippen LogP contribution in [0.5, 0.6) is 6.01 Å². The molecule has 9 nitrogen and oxygen atoms in total. The lowest BCUT2D eigenvalue weighted by molar-refractivity contribution is -0.137. The molecule has 13 heteroatoms. The van der Waals surface area contributed by atoms with Crippen molar-refractivity contribution in [3.63, 3.8) is 0 Å². The number of carbonyl (C=O) groups excluding carboxylic acids is 1. The molecule has 1 fully saturated rings.